The molecule has 192 valence electrons. The molecule has 38 heavy (non-hydrogen) atoms. The van der Waals surface area contributed by atoms with E-state index in [2.05, 4.69) is 33.1 Å². The number of fused-ring (bicyclic) bond motifs is 1. The van der Waals surface area contributed by atoms with E-state index >= 15 is 0 Å². The lowest BCUT2D eigenvalue weighted by Crippen LogP contribution is -2.57. The first-order chi connectivity index (χ1) is 18.1. The first-order valence-electron chi connectivity index (χ1n) is 13.0. The minimum atomic E-state index is -0.667. The number of imide groups is 1. The van der Waals surface area contributed by atoms with Crippen LogP contribution in [0, 0.1) is 0 Å². The van der Waals surface area contributed by atoms with Gasteiger partial charge in [0.1, 0.15) is 56.4 Å². The van der Waals surface area contributed by atoms with Gasteiger partial charge >= 0.3 is 0 Å². The molecule has 0 bridgehead atoms. The molecule has 4 amide bonds. The first kappa shape index (κ1) is 26.2. The van der Waals surface area contributed by atoms with Crippen LogP contribution >= 0.6 is 0 Å². The van der Waals surface area contributed by atoms with Crippen molar-refractivity contribution in [2.75, 3.05) is 19.8 Å². The van der Waals surface area contributed by atoms with E-state index < -0.39 is 17.3 Å². The largest absolute Gasteiger partial charge is 0.489 e. The van der Waals surface area contributed by atoms with E-state index in [-0.39, 0.29) is 37.3 Å². The lowest BCUT2D eigenvalue weighted by atomic mass is 9.54. The second kappa shape index (κ2) is 10.0. The van der Waals surface area contributed by atoms with Gasteiger partial charge in [0.05, 0.1) is 13.2 Å². The van der Waals surface area contributed by atoms with Crippen LogP contribution in [0.1, 0.15) is 39.9 Å². The van der Waals surface area contributed by atoms with Gasteiger partial charge in [0, 0.05) is 29.4 Å². The number of amides is 4. The number of benzene rings is 2. The van der Waals surface area contributed by atoms with E-state index in [9.17, 15) is 19.2 Å². The van der Waals surface area contributed by atoms with E-state index in [1.807, 2.05) is 26.7 Å². The van der Waals surface area contributed by atoms with E-state index in [1.54, 1.807) is 12.1 Å². The number of nitrogens with zero attached hydrogens (tertiary/aromatic N) is 2. The number of hydrogen-bond acceptors (Lipinski definition) is 6. The molecule has 2 fully saturated rings. The van der Waals surface area contributed by atoms with Crippen LogP contribution in [0.4, 0.5) is 0 Å². The van der Waals surface area contributed by atoms with Crippen LogP contribution in [0.25, 0.3) is 0 Å². The molecule has 0 saturated carbocycles. The number of carbonyl (C=O) groups is 4. The van der Waals surface area contributed by atoms with Gasteiger partial charge in [0.25, 0.3) is 5.91 Å². The van der Waals surface area contributed by atoms with Gasteiger partial charge in [-0.15, -0.1) is 0 Å². The lowest BCUT2D eigenvalue weighted by Gasteiger charge is -2.43. The monoisotopic (exact) mass is 511 g/mol. The normalized spacial score (nSPS) is 19.9. The van der Waals surface area contributed by atoms with Gasteiger partial charge in [0.15, 0.2) is 0 Å². The minimum Gasteiger partial charge on any atom is -0.489 e. The summed E-state index contributed by atoms with van der Waals surface area (Å²) in [6, 6.07) is 8.92. The van der Waals surface area contributed by atoms with Gasteiger partial charge in [-0.2, -0.15) is 0 Å². The highest BCUT2D eigenvalue weighted by atomic mass is 16.5. The van der Waals surface area contributed by atoms with Crippen LogP contribution in [0.3, 0.4) is 0 Å². The van der Waals surface area contributed by atoms with Gasteiger partial charge in [-0.05, 0) is 29.7 Å². The van der Waals surface area contributed by atoms with Crippen LogP contribution in [0.5, 0.6) is 5.75 Å². The van der Waals surface area contributed by atoms with E-state index in [0.29, 0.717) is 37.5 Å². The molecule has 13 heteroatoms. The summed E-state index contributed by atoms with van der Waals surface area (Å²) in [4.78, 5) is 53.0. The Balaban J connectivity index is 1.34. The molecule has 0 aliphatic carbocycles. The van der Waals surface area contributed by atoms with Crippen molar-refractivity contribution < 1.29 is 28.7 Å². The van der Waals surface area contributed by atoms with Crippen molar-refractivity contribution in [3.63, 3.8) is 0 Å². The topological polar surface area (TPSA) is 105 Å². The molecule has 2 saturated heterocycles. The summed E-state index contributed by atoms with van der Waals surface area (Å²) in [6.07, 6.45) is 0.531. The highest BCUT2D eigenvalue weighted by Crippen LogP contribution is 2.34. The third-order valence-electron chi connectivity index (χ3n) is 7.92. The van der Waals surface area contributed by atoms with Crippen LogP contribution in [0.15, 0.2) is 30.3 Å². The Labute approximate surface area is 225 Å². The third-order valence-corrected chi connectivity index (χ3v) is 7.92. The number of rotatable bonds is 6. The van der Waals surface area contributed by atoms with Crippen molar-refractivity contribution in [1.29, 1.82) is 0 Å². The highest BCUT2D eigenvalue weighted by molar-refractivity contribution is 6.45. The molecule has 0 radical (unpaired) electrons. The van der Waals surface area contributed by atoms with Crippen molar-refractivity contribution in [3.8, 4) is 5.75 Å². The van der Waals surface area contributed by atoms with Crippen molar-refractivity contribution in [2.24, 2.45) is 0 Å². The molecule has 3 heterocycles. The zero-order chi connectivity index (χ0) is 27.2. The molecule has 1 atom stereocenters. The van der Waals surface area contributed by atoms with Gasteiger partial charge < -0.3 is 19.3 Å². The highest BCUT2D eigenvalue weighted by Gasteiger charge is 2.40. The Morgan fingerprint density at radius 1 is 1.11 bits per heavy atom. The summed E-state index contributed by atoms with van der Waals surface area (Å²) < 4.78 is 11.6. The zero-order valence-corrected chi connectivity index (χ0v) is 22.3. The molecule has 2 aromatic carbocycles. The Hall–Kier alpha value is -3.46. The number of nitrogens with one attached hydrogen (secondary N) is 1. The van der Waals surface area contributed by atoms with E-state index in [4.69, 9.17) is 9.47 Å². The molecular weight excluding hydrogens is 482 g/mol. The van der Waals surface area contributed by atoms with Crippen molar-refractivity contribution in [3.05, 3.63) is 52.6 Å². The quantitative estimate of drug-likeness (QED) is 0.312. The number of morpholine rings is 1. The van der Waals surface area contributed by atoms with Gasteiger partial charge in [-0.25, -0.2) is 0 Å². The molecule has 2 aromatic rings. The predicted octanol–water partition coefficient (Wildman–Crippen LogP) is -4.22. The molecule has 1 unspecified atom stereocenters. The van der Waals surface area contributed by atoms with Gasteiger partial charge in [-0.3, -0.25) is 24.5 Å². The Morgan fingerprint density at radius 2 is 1.89 bits per heavy atom. The van der Waals surface area contributed by atoms with Crippen LogP contribution in [-0.2, 0) is 37.6 Å². The number of ether oxygens (including phenoxy) is 2. The maximum Gasteiger partial charge on any atom is 0.255 e. The van der Waals surface area contributed by atoms with Crippen molar-refractivity contribution in [1.82, 2.24) is 15.1 Å². The average Bonchev–Trinajstić information content (AvgIpc) is 3.21. The SMILES string of the molecule is Bc1cc(C(B)(B)N2CCOCC2=O)c(B)cc1COc1cccc2c1CN(C1CCC(=O)NC1=O)C2=O. The number of piperidine rings is 1. The number of carbonyl (C=O) groups excluding carboxylic acids is 4. The lowest BCUT2D eigenvalue weighted by molar-refractivity contribution is -0.145. The van der Waals surface area contributed by atoms with Crippen molar-refractivity contribution in [2.45, 2.75) is 37.4 Å². The van der Waals surface area contributed by atoms with Crippen LogP contribution in [0.2, 0.25) is 0 Å². The molecule has 0 aromatic heterocycles. The molecule has 3 aliphatic rings. The maximum atomic E-state index is 13.1. The zero-order valence-electron chi connectivity index (χ0n) is 22.3. The summed E-state index contributed by atoms with van der Waals surface area (Å²) in [5, 5.41) is 1.86. The van der Waals surface area contributed by atoms with Crippen molar-refractivity contribution >= 4 is 65.9 Å². The number of hydrogen-bond donors (Lipinski definition) is 1. The molecule has 3 aliphatic heterocycles. The van der Waals surface area contributed by atoms with E-state index in [0.717, 1.165) is 27.6 Å². The van der Waals surface area contributed by atoms with Gasteiger partial charge in [-0.1, -0.05) is 29.1 Å². The molecule has 0 spiro atoms. The Morgan fingerprint density at radius 3 is 2.63 bits per heavy atom. The summed E-state index contributed by atoms with van der Waals surface area (Å²) in [6.45, 7) is 1.77. The van der Waals surface area contributed by atoms with Gasteiger partial charge in [0.2, 0.25) is 17.7 Å². The standard InChI is InChI=1S/C25H29B4N3O6/c26-17-9-16(25(28,29)32-6-7-37-12-22(32)34)18(27)8-13(17)11-38-20-3-1-2-14-15(20)10-31(24(14)36)19-4-5-21(33)30-23(19)35/h1-3,8-9,19H,4-7,10-12,26-29H2,(H,30,33,35). The summed E-state index contributed by atoms with van der Waals surface area (Å²) >= 11 is 0. The maximum absolute atomic E-state index is 13.1. The Bertz CT molecular complexity index is 1350. The minimum absolute atomic E-state index is 0.00968. The summed E-state index contributed by atoms with van der Waals surface area (Å²) in [7, 11) is 8.20. The second-order valence-electron chi connectivity index (χ2n) is 10.7. The van der Waals surface area contributed by atoms with Crippen LogP contribution in [-0.4, -0.2) is 90.6 Å². The predicted molar refractivity (Wildman–Crippen MR) is 151 cm³/mol. The third kappa shape index (κ3) is 4.64. The second-order valence-corrected chi connectivity index (χ2v) is 10.7. The smallest absolute Gasteiger partial charge is 0.255 e. The fourth-order valence-corrected chi connectivity index (χ4v) is 5.79. The molecule has 1 N–H and O–H groups in total. The average molecular weight is 511 g/mol. The first-order valence-corrected chi connectivity index (χ1v) is 13.0. The molecular formula is C25H29B4N3O6. The molecule has 9 nitrogen and oxygen atoms in total. The summed E-state index contributed by atoms with van der Waals surface area (Å²) in [5.41, 5.74) is 5.48. The Kier molecular flexibility index (Phi) is 6.90. The molecule has 5 rings (SSSR count). The summed E-state index contributed by atoms with van der Waals surface area (Å²) in [5.74, 6) is -0.374. The van der Waals surface area contributed by atoms with Crippen LogP contribution < -0.4 is 21.0 Å². The fourth-order valence-electron chi connectivity index (χ4n) is 5.79. The van der Waals surface area contributed by atoms with E-state index in [1.165, 1.54) is 4.90 Å². The fraction of sp³-hybridized carbons (Fsp3) is 0.360.